The summed E-state index contributed by atoms with van der Waals surface area (Å²) in [5.74, 6) is 5.15. The molecule has 2 aromatic rings. The second-order valence-electron chi connectivity index (χ2n) is 16.8. The SMILES string of the molecule is CC(C)CCC[C@@H](C)[C@H]1CC[C@H]2[C@@H]3CC=C4C[C@@H](OC(=O)COc5ccc6c7c(c(=O)oc6c5)CCC7)CC[C@]4(C)[C@H]3CC[C@]12C. The first-order valence-electron chi connectivity index (χ1n) is 18.7. The highest BCUT2D eigenvalue weighted by atomic mass is 16.6. The highest BCUT2D eigenvalue weighted by molar-refractivity contribution is 5.83. The van der Waals surface area contributed by atoms with Crippen molar-refractivity contribution >= 4 is 16.9 Å². The molecule has 0 amide bonds. The zero-order chi connectivity index (χ0) is 32.2. The molecule has 5 heteroatoms. The molecule has 5 aliphatic carbocycles. The fourth-order valence-electron chi connectivity index (χ4n) is 11.5. The van der Waals surface area contributed by atoms with Crippen molar-refractivity contribution in [1.29, 1.82) is 0 Å². The number of hydrogen-bond acceptors (Lipinski definition) is 5. The summed E-state index contributed by atoms with van der Waals surface area (Å²) in [7, 11) is 0. The molecule has 0 spiro atoms. The number of carbonyl (C=O) groups is 1. The maximum atomic E-state index is 12.9. The Hall–Kier alpha value is -2.56. The normalized spacial score (nSPS) is 34.0. The van der Waals surface area contributed by atoms with Gasteiger partial charge in [-0.1, -0.05) is 65.5 Å². The van der Waals surface area contributed by atoms with Crippen molar-refractivity contribution < 1.29 is 18.7 Å². The molecule has 1 heterocycles. The van der Waals surface area contributed by atoms with E-state index in [1.54, 1.807) is 6.07 Å². The van der Waals surface area contributed by atoms with Crippen LogP contribution in [0.4, 0.5) is 0 Å². The first-order chi connectivity index (χ1) is 22.1. The van der Waals surface area contributed by atoms with Gasteiger partial charge in [0.25, 0.3) is 0 Å². The predicted molar refractivity (Wildman–Crippen MR) is 183 cm³/mol. The summed E-state index contributed by atoms with van der Waals surface area (Å²) in [6.45, 7) is 12.3. The van der Waals surface area contributed by atoms with Crippen molar-refractivity contribution in [2.75, 3.05) is 6.61 Å². The number of benzene rings is 1. The number of hydrogen-bond donors (Lipinski definition) is 0. The Morgan fingerprint density at radius 3 is 2.65 bits per heavy atom. The number of ether oxygens (including phenoxy) is 2. The van der Waals surface area contributed by atoms with Crippen LogP contribution in [0.15, 0.2) is 39.1 Å². The van der Waals surface area contributed by atoms with Crippen LogP contribution in [0.5, 0.6) is 5.75 Å². The Bertz CT molecular complexity index is 1550. The van der Waals surface area contributed by atoms with Gasteiger partial charge in [0, 0.05) is 23.4 Å². The van der Waals surface area contributed by atoms with Gasteiger partial charge in [0.1, 0.15) is 17.4 Å². The van der Waals surface area contributed by atoms with Gasteiger partial charge >= 0.3 is 11.6 Å². The summed E-state index contributed by atoms with van der Waals surface area (Å²) >= 11 is 0. The van der Waals surface area contributed by atoms with E-state index in [1.165, 1.54) is 56.9 Å². The first kappa shape index (κ1) is 32.0. The van der Waals surface area contributed by atoms with E-state index in [0.29, 0.717) is 16.7 Å². The average Bonchev–Trinajstić information content (AvgIpc) is 3.65. The fraction of sp³-hybridized carbons (Fsp3) is 0.707. The zero-order valence-corrected chi connectivity index (χ0v) is 29.0. The standard InChI is InChI=1S/C41H56O5/c1-25(2)8-6-9-26(3)34-16-17-35-33-14-12-27-22-29(18-20-40(27,4)36(33)19-21-41(34,35)5)45-38(42)24-44-28-13-15-31-30-10-7-11-32(30)39(43)46-37(31)23-28/h12-13,15,23,25-26,29,33-36H,6-11,14,16-22,24H2,1-5H3/t26-,29+,33+,34-,35+,36+,40+,41-/m1/s1. The number of esters is 1. The van der Waals surface area contributed by atoms with Crippen molar-refractivity contribution in [3.05, 3.63) is 51.4 Å². The minimum Gasteiger partial charge on any atom is -0.482 e. The third-order valence-corrected chi connectivity index (χ3v) is 13.9. The quantitative estimate of drug-likeness (QED) is 0.157. The molecule has 5 aliphatic rings. The highest BCUT2D eigenvalue weighted by Gasteiger charge is 2.59. The van der Waals surface area contributed by atoms with Crippen molar-refractivity contribution in [3.63, 3.8) is 0 Å². The number of fused-ring (bicyclic) bond motifs is 8. The molecule has 1 aromatic heterocycles. The van der Waals surface area contributed by atoms with Crippen LogP contribution in [-0.4, -0.2) is 18.7 Å². The number of rotatable bonds is 9. The van der Waals surface area contributed by atoms with Crippen LogP contribution in [-0.2, 0) is 22.4 Å². The van der Waals surface area contributed by atoms with E-state index in [2.05, 4.69) is 40.7 Å². The molecule has 3 fully saturated rings. The summed E-state index contributed by atoms with van der Waals surface area (Å²) in [6, 6.07) is 5.54. The van der Waals surface area contributed by atoms with Crippen molar-refractivity contribution in [3.8, 4) is 5.75 Å². The zero-order valence-electron chi connectivity index (χ0n) is 29.0. The lowest BCUT2D eigenvalue weighted by molar-refractivity contribution is -0.153. The van der Waals surface area contributed by atoms with Gasteiger partial charge in [-0.15, -0.1) is 0 Å². The Morgan fingerprint density at radius 2 is 1.83 bits per heavy atom. The monoisotopic (exact) mass is 628 g/mol. The van der Waals surface area contributed by atoms with Crippen LogP contribution in [0.2, 0.25) is 0 Å². The lowest BCUT2D eigenvalue weighted by Gasteiger charge is -2.58. The van der Waals surface area contributed by atoms with Crippen LogP contribution in [0.3, 0.4) is 0 Å². The summed E-state index contributed by atoms with van der Waals surface area (Å²) in [5.41, 5.74) is 4.46. The maximum absolute atomic E-state index is 12.9. The number of carbonyl (C=O) groups excluding carboxylic acids is 1. The van der Waals surface area contributed by atoms with Gasteiger partial charge in [0.15, 0.2) is 6.61 Å². The van der Waals surface area contributed by atoms with Crippen LogP contribution < -0.4 is 10.4 Å². The molecule has 250 valence electrons. The molecule has 0 aliphatic heterocycles. The highest BCUT2D eigenvalue weighted by Crippen LogP contribution is 2.67. The third kappa shape index (κ3) is 5.66. The molecule has 46 heavy (non-hydrogen) atoms. The average molecular weight is 629 g/mol. The third-order valence-electron chi connectivity index (χ3n) is 13.9. The minimum atomic E-state index is -0.327. The minimum absolute atomic E-state index is 0.0828. The van der Waals surface area contributed by atoms with Gasteiger partial charge < -0.3 is 13.9 Å². The van der Waals surface area contributed by atoms with E-state index >= 15 is 0 Å². The number of allylic oxidation sites excluding steroid dienone is 1. The van der Waals surface area contributed by atoms with E-state index in [-0.39, 0.29) is 29.7 Å². The Labute approximate surface area is 275 Å². The summed E-state index contributed by atoms with van der Waals surface area (Å²) in [6.07, 6.45) is 19.0. The predicted octanol–water partition coefficient (Wildman–Crippen LogP) is 9.61. The van der Waals surface area contributed by atoms with Crippen LogP contribution in [0.1, 0.15) is 123 Å². The van der Waals surface area contributed by atoms with Gasteiger partial charge in [0.05, 0.1) is 0 Å². The molecule has 3 saturated carbocycles. The molecule has 0 saturated heterocycles. The molecule has 7 rings (SSSR count). The van der Waals surface area contributed by atoms with Gasteiger partial charge in [0.2, 0.25) is 0 Å². The van der Waals surface area contributed by atoms with Gasteiger partial charge in [-0.2, -0.15) is 0 Å². The second-order valence-corrected chi connectivity index (χ2v) is 16.8. The molecular weight excluding hydrogens is 572 g/mol. The summed E-state index contributed by atoms with van der Waals surface area (Å²) < 4.78 is 17.4. The lowest BCUT2D eigenvalue weighted by atomic mass is 9.47. The molecule has 1 aromatic carbocycles. The molecule has 0 bridgehead atoms. The van der Waals surface area contributed by atoms with Gasteiger partial charge in [-0.05, 0) is 128 Å². The lowest BCUT2D eigenvalue weighted by Crippen LogP contribution is -2.51. The summed E-state index contributed by atoms with van der Waals surface area (Å²) in [4.78, 5) is 25.3. The molecule has 0 radical (unpaired) electrons. The summed E-state index contributed by atoms with van der Waals surface area (Å²) in [5, 5.41) is 0.970. The molecule has 8 atom stereocenters. The Morgan fingerprint density at radius 1 is 1.00 bits per heavy atom. The largest absolute Gasteiger partial charge is 0.482 e. The number of aryl methyl sites for hydroxylation is 1. The molecule has 0 N–H and O–H groups in total. The Kier molecular flexibility index (Phi) is 8.68. The van der Waals surface area contributed by atoms with Crippen LogP contribution >= 0.6 is 0 Å². The first-order valence-corrected chi connectivity index (χ1v) is 18.7. The van der Waals surface area contributed by atoms with Crippen LogP contribution in [0, 0.1) is 46.3 Å². The second kappa shape index (κ2) is 12.5. The molecule has 0 unspecified atom stereocenters. The van der Waals surface area contributed by atoms with Crippen molar-refractivity contribution in [2.45, 2.75) is 131 Å². The smallest absolute Gasteiger partial charge is 0.344 e. The van der Waals surface area contributed by atoms with Crippen molar-refractivity contribution in [2.24, 2.45) is 46.3 Å². The van der Waals surface area contributed by atoms with E-state index < -0.39 is 0 Å². The molecular formula is C41H56O5. The fourth-order valence-corrected chi connectivity index (χ4v) is 11.5. The Balaban J connectivity index is 0.954. The van der Waals surface area contributed by atoms with E-state index in [4.69, 9.17) is 13.9 Å². The topological polar surface area (TPSA) is 65.7 Å². The molecule has 5 nitrogen and oxygen atoms in total. The van der Waals surface area contributed by atoms with Crippen LogP contribution in [0.25, 0.3) is 11.0 Å². The van der Waals surface area contributed by atoms with E-state index in [0.717, 1.165) is 90.5 Å². The van der Waals surface area contributed by atoms with E-state index in [1.807, 2.05) is 12.1 Å². The van der Waals surface area contributed by atoms with E-state index in [9.17, 15) is 9.59 Å². The van der Waals surface area contributed by atoms with Gasteiger partial charge in [-0.25, -0.2) is 9.59 Å². The van der Waals surface area contributed by atoms with Crippen molar-refractivity contribution in [1.82, 2.24) is 0 Å². The van der Waals surface area contributed by atoms with Gasteiger partial charge in [-0.3, -0.25) is 0 Å². The maximum Gasteiger partial charge on any atom is 0.344 e.